The Morgan fingerprint density at radius 1 is 1.00 bits per heavy atom. The molecular formula is C19H19NO. The predicted molar refractivity (Wildman–Crippen MR) is 86.2 cm³/mol. The molecule has 1 N–H and O–H groups in total. The first-order chi connectivity index (χ1) is 10.3. The molecule has 3 aromatic rings. The summed E-state index contributed by atoms with van der Waals surface area (Å²) in [6, 6.07) is 20.0. The molecule has 0 radical (unpaired) electrons. The van der Waals surface area contributed by atoms with E-state index in [-0.39, 0.29) is 0 Å². The van der Waals surface area contributed by atoms with Crippen LogP contribution in [0.25, 0.3) is 10.9 Å². The molecule has 0 saturated heterocycles. The summed E-state index contributed by atoms with van der Waals surface area (Å²) >= 11 is 0. The van der Waals surface area contributed by atoms with Crippen LogP contribution >= 0.6 is 0 Å². The number of pyridine rings is 1. The van der Waals surface area contributed by atoms with Crippen molar-refractivity contribution in [3.05, 3.63) is 77.5 Å². The molecule has 0 aliphatic rings. The first-order valence-corrected chi connectivity index (χ1v) is 7.40. The molecule has 2 nitrogen and oxygen atoms in total. The lowest BCUT2D eigenvalue weighted by molar-refractivity contribution is 0.215. The highest BCUT2D eigenvalue weighted by Crippen LogP contribution is 2.23. The molecule has 0 aliphatic carbocycles. The standard InChI is InChI=1S/C19H19NO/c1-2-6-14-7-5-9-16(13-14)19(21)18-12-11-15-8-3-4-10-17(15)20-18/h3-5,7-13,19,21H,2,6H2,1H3. The van der Waals surface area contributed by atoms with Crippen molar-refractivity contribution in [3.63, 3.8) is 0 Å². The van der Waals surface area contributed by atoms with Crippen LogP contribution in [-0.4, -0.2) is 10.1 Å². The summed E-state index contributed by atoms with van der Waals surface area (Å²) in [5.74, 6) is 0. The van der Waals surface area contributed by atoms with Crippen LogP contribution in [-0.2, 0) is 6.42 Å². The fraction of sp³-hybridized carbons (Fsp3) is 0.211. The third-order valence-electron chi connectivity index (χ3n) is 3.71. The van der Waals surface area contributed by atoms with Crippen LogP contribution in [0.4, 0.5) is 0 Å². The Morgan fingerprint density at radius 3 is 2.71 bits per heavy atom. The number of aromatic nitrogens is 1. The number of nitrogens with zero attached hydrogens (tertiary/aromatic N) is 1. The molecule has 1 heterocycles. The molecule has 21 heavy (non-hydrogen) atoms. The van der Waals surface area contributed by atoms with E-state index in [2.05, 4.69) is 24.0 Å². The number of aliphatic hydroxyl groups is 1. The Kier molecular flexibility index (Phi) is 3.98. The minimum absolute atomic E-state index is 0.675. The summed E-state index contributed by atoms with van der Waals surface area (Å²) < 4.78 is 0. The Balaban J connectivity index is 1.95. The van der Waals surface area contributed by atoms with Gasteiger partial charge in [0.25, 0.3) is 0 Å². The minimum Gasteiger partial charge on any atom is -0.382 e. The van der Waals surface area contributed by atoms with Crippen molar-refractivity contribution in [2.75, 3.05) is 0 Å². The third-order valence-corrected chi connectivity index (χ3v) is 3.71. The summed E-state index contributed by atoms with van der Waals surface area (Å²) in [7, 11) is 0. The second-order valence-electron chi connectivity index (χ2n) is 5.33. The molecule has 1 unspecified atom stereocenters. The zero-order chi connectivity index (χ0) is 14.7. The van der Waals surface area contributed by atoms with Gasteiger partial charge in [0, 0.05) is 5.39 Å². The summed E-state index contributed by atoms with van der Waals surface area (Å²) in [6.07, 6.45) is 1.46. The first kappa shape index (κ1) is 13.8. The number of aryl methyl sites for hydroxylation is 1. The SMILES string of the molecule is CCCc1cccc(C(O)c2ccc3ccccc3n2)c1. The van der Waals surface area contributed by atoms with Crippen LogP contribution < -0.4 is 0 Å². The lowest BCUT2D eigenvalue weighted by Gasteiger charge is -2.12. The highest BCUT2D eigenvalue weighted by Gasteiger charge is 2.12. The molecule has 0 amide bonds. The molecule has 0 aliphatic heterocycles. The molecule has 2 heteroatoms. The van der Waals surface area contributed by atoms with Crippen molar-refractivity contribution in [1.29, 1.82) is 0 Å². The number of benzene rings is 2. The second kappa shape index (κ2) is 6.06. The number of hydrogen-bond acceptors (Lipinski definition) is 2. The fourth-order valence-electron chi connectivity index (χ4n) is 2.61. The van der Waals surface area contributed by atoms with E-state index >= 15 is 0 Å². The Morgan fingerprint density at radius 2 is 1.86 bits per heavy atom. The Bertz CT molecular complexity index is 751. The number of aliphatic hydroxyl groups excluding tert-OH is 1. The van der Waals surface area contributed by atoms with Crippen molar-refractivity contribution >= 4 is 10.9 Å². The third kappa shape index (κ3) is 2.96. The average Bonchev–Trinajstić information content (AvgIpc) is 2.54. The van der Waals surface area contributed by atoms with Crippen LogP contribution in [0.5, 0.6) is 0 Å². The Labute approximate surface area is 125 Å². The summed E-state index contributed by atoms with van der Waals surface area (Å²) in [5, 5.41) is 11.7. The highest BCUT2D eigenvalue weighted by molar-refractivity contribution is 5.78. The van der Waals surface area contributed by atoms with Crippen molar-refractivity contribution in [2.24, 2.45) is 0 Å². The molecule has 1 aromatic heterocycles. The quantitative estimate of drug-likeness (QED) is 0.772. The van der Waals surface area contributed by atoms with Crippen molar-refractivity contribution in [1.82, 2.24) is 4.98 Å². The molecular weight excluding hydrogens is 258 g/mol. The van der Waals surface area contributed by atoms with Gasteiger partial charge in [-0.2, -0.15) is 0 Å². The minimum atomic E-state index is -0.675. The number of rotatable bonds is 4. The molecule has 0 bridgehead atoms. The van der Waals surface area contributed by atoms with Crippen LogP contribution in [0, 0.1) is 0 Å². The van der Waals surface area contributed by atoms with E-state index < -0.39 is 6.10 Å². The van der Waals surface area contributed by atoms with E-state index in [1.165, 1.54) is 5.56 Å². The molecule has 3 rings (SSSR count). The van der Waals surface area contributed by atoms with Gasteiger partial charge in [-0.1, -0.05) is 61.9 Å². The van der Waals surface area contributed by atoms with E-state index in [0.29, 0.717) is 5.69 Å². The van der Waals surface area contributed by atoms with E-state index in [1.54, 1.807) is 0 Å². The number of para-hydroxylation sites is 1. The molecule has 2 aromatic carbocycles. The highest BCUT2D eigenvalue weighted by atomic mass is 16.3. The van der Waals surface area contributed by atoms with Gasteiger partial charge in [0.05, 0.1) is 11.2 Å². The van der Waals surface area contributed by atoms with Crippen LogP contribution in [0.2, 0.25) is 0 Å². The van der Waals surface area contributed by atoms with Crippen molar-refractivity contribution < 1.29 is 5.11 Å². The smallest absolute Gasteiger partial charge is 0.121 e. The monoisotopic (exact) mass is 277 g/mol. The van der Waals surface area contributed by atoms with E-state index in [1.807, 2.05) is 48.5 Å². The van der Waals surface area contributed by atoms with E-state index in [4.69, 9.17) is 0 Å². The van der Waals surface area contributed by atoms with Gasteiger partial charge < -0.3 is 5.11 Å². The van der Waals surface area contributed by atoms with Gasteiger partial charge in [-0.05, 0) is 29.7 Å². The fourth-order valence-corrected chi connectivity index (χ4v) is 2.61. The molecule has 0 fully saturated rings. The lowest BCUT2D eigenvalue weighted by atomic mass is 10.0. The topological polar surface area (TPSA) is 33.1 Å². The largest absolute Gasteiger partial charge is 0.382 e. The van der Waals surface area contributed by atoms with Crippen LogP contribution in [0.15, 0.2) is 60.7 Å². The number of hydrogen-bond donors (Lipinski definition) is 1. The molecule has 0 saturated carbocycles. The van der Waals surface area contributed by atoms with Gasteiger partial charge >= 0.3 is 0 Å². The number of fused-ring (bicyclic) bond motifs is 1. The molecule has 1 atom stereocenters. The van der Waals surface area contributed by atoms with E-state index in [9.17, 15) is 5.11 Å². The van der Waals surface area contributed by atoms with Gasteiger partial charge in [0.15, 0.2) is 0 Å². The maximum absolute atomic E-state index is 10.6. The second-order valence-corrected chi connectivity index (χ2v) is 5.33. The van der Waals surface area contributed by atoms with Gasteiger partial charge in [0.1, 0.15) is 6.10 Å². The van der Waals surface area contributed by atoms with Gasteiger partial charge in [-0.15, -0.1) is 0 Å². The zero-order valence-corrected chi connectivity index (χ0v) is 12.2. The zero-order valence-electron chi connectivity index (χ0n) is 12.2. The lowest BCUT2D eigenvalue weighted by Crippen LogP contribution is -2.03. The normalized spacial score (nSPS) is 12.5. The van der Waals surface area contributed by atoms with Crippen LogP contribution in [0.3, 0.4) is 0 Å². The summed E-state index contributed by atoms with van der Waals surface area (Å²) in [4.78, 5) is 4.58. The van der Waals surface area contributed by atoms with E-state index in [0.717, 1.165) is 29.3 Å². The van der Waals surface area contributed by atoms with Crippen molar-refractivity contribution in [3.8, 4) is 0 Å². The van der Waals surface area contributed by atoms with Crippen LogP contribution in [0.1, 0.15) is 36.3 Å². The average molecular weight is 277 g/mol. The Hall–Kier alpha value is -2.19. The van der Waals surface area contributed by atoms with Crippen molar-refractivity contribution in [2.45, 2.75) is 25.9 Å². The predicted octanol–water partition coefficient (Wildman–Crippen LogP) is 4.27. The summed E-state index contributed by atoms with van der Waals surface area (Å²) in [6.45, 7) is 2.16. The van der Waals surface area contributed by atoms with Gasteiger partial charge in [-0.25, -0.2) is 4.98 Å². The summed E-state index contributed by atoms with van der Waals surface area (Å²) in [5.41, 5.74) is 3.78. The first-order valence-electron chi connectivity index (χ1n) is 7.40. The molecule has 0 spiro atoms. The molecule has 106 valence electrons. The maximum atomic E-state index is 10.6. The van der Waals surface area contributed by atoms with Gasteiger partial charge in [-0.3, -0.25) is 0 Å². The van der Waals surface area contributed by atoms with Gasteiger partial charge in [0.2, 0.25) is 0 Å². The maximum Gasteiger partial charge on any atom is 0.121 e.